The predicted molar refractivity (Wildman–Crippen MR) is 98.2 cm³/mol. The number of carbonyl (C=O) groups excluding carboxylic acids is 2. The monoisotopic (exact) mass is 415 g/mol. The molecule has 11 heteroatoms. The summed E-state index contributed by atoms with van der Waals surface area (Å²) in [6, 6.07) is 1.85. The molecule has 0 spiro atoms. The van der Waals surface area contributed by atoms with E-state index in [1.807, 2.05) is 9.80 Å². The van der Waals surface area contributed by atoms with Crippen LogP contribution in [0.5, 0.6) is 0 Å². The van der Waals surface area contributed by atoms with E-state index >= 15 is 0 Å². The van der Waals surface area contributed by atoms with E-state index in [-0.39, 0.29) is 19.0 Å². The van der Waals surface area contributed by atoms with Gasteiger partial charge in [-0.2, -0.15) is 13.2 Å². The summed E-state index contributed by atoms with van der Waals surface area (Å²) in [6.45, 7) is 5.64. The fourth-order valence-corrected chi connectivity index (χ4v) is 3.45. The van der Waals surface area contributed by atoms with Crippen LogP contribution in [-0.4, -0.2) is 82.7 Å². The number of β-amino-alcohol motifs (C(OH)–C–C–N with tert-alkyl or cyclic N) is 1. The molecule has 0 saturated carbocycles. The fraction of sp³-hybridized carbons (Fsp3) is 0.611. The Balaban J connectivity index is 1.48. The molecule has 2 aliphatic rings. The molecule has 0 bridgehead atoms. The van der Waals surface area contributed by atoms with Gasteiger partial charge in [-0.3, -0.25) is 14.6 Å². The van der Waals surface area contributed by atoms with Crippen LogP contribution in [0.1, 0.15) is 19.4 Å². The fourth-order valence-electron chi connectivity index (χ4n) is 3.45. The predicted octanol–water partition coefficient (Wildman–Crippen LogP) is 0.914. The van der Waals surface area contributed by atoms with Crippen molar-refractivity contribution < 1.29 is 27.9 Å². The highest BCUT2D eigenvalue weighted by molar-refractivity contribution is 6.06. The Bertz CT molecular complexity index is 761. The summed E-state index contributed by atoms with van der Waals surface area (Å²) in [5, 5.41) is 12.9. The van der Waals surface area contributed by atoms with E-state index in [0.29, 0.717) is 32.0 Å². The zero-order valence-electron chi connectivity index (χ0n) is 16.2. The Labute approximate surface area is 166 Å². The molecule has 29 heavy (non-hydrogen) atoms. The summed E-state index contributed by atoms with van der Waals surface area (Å²) >= 11 is 0. The number of nitrogens with one attached hydrogen (secondary N) is 1. The van der Waals surface area contributed by atoms with Crippen LogP contribution in [-0.2, 0) is 11.0 Å². The molecule has 1 aromatic rings. The van der Waals surface area contributed by atoms with Gasteiger partial charge in [0.1, 0.15) is 11.4 Å². The number of hydrogen-bond donors (Lipinski definition) is 2. The van der Waals surface area contributed by atoms with Crippen molar-refractivity contribution in [1.29, 1.82) is 0 Å². The number of piperazine rings is 1. The lowest BCUT2D eigenvalue weighted by Crippen LogP contribution is -2.51. The number of alkyl halides is 3. The number of imide groups is 1. The van der Waals surface area contributed by atoms with Crippen LogP contribution in [0.4, 0.5) is 23.8 Å². The van der Waals surface area contributed by atoms with Crippen LogP contribution in [0.15, 0.2) is 18.3 Å². The number of nitrogens with zero attached hydrogens (tertiary/aromatic N) is 4. The maximum Gasteiger partial charge on any atom is 0.417 e. The summed E-state index contributed by atoms with van der Waals surface area (Å²) in [5.41, 5.74) is -1.76. The van der Waals surface area contributed by atoms with Crippen molar-refractivity contribution in [2.24, 2.45) is 0 Å². The molecule has 2 aliphatic heterocycles. The summed E-state index contributed by atoms with van der Waals surface area (Å²) in [6.07, 6.45) is -4.48. The third-order valence-corrected chi connectivity index (χ3v) is 5.08. The minimum absolute atomic E-state index is 0.0885. The molecule has 3 rings (SSSR count). The first-order valence-electron chi connectivity index (χ1n) is 9.30. The lowest BCUT2D eigenvalue weighted by molar-refractivity contribution is -0.137. The molecule has 3 amide bonds. The Morgan fingerprint density at radius 1 is 1.17 bits per heavy atom. The Morgan fingerprint density at radius 2 is 1.83 bits per heavy atom. The zero-order valence-corrected chi connectivity index (χ0v) is 16.2. The molecular weight excluding hydrogens is 391 g/mol. The van der Waals surface area contributed by atoms with Gasteiger partial charge in [-0.15, -0.1) is 0 Å². The van der Waals surface area contributed by atoms with Crippen LogP contribution in [0.2, 0.25) is 0 Å². The van der Waals surface area contributed by atoms with Crippen LogP contribution in [0.3, 0.4) is 0 Å². The number of urea groups is 1. The molecule has 0 radical (unpaired) electrons. The van der Waals surface area contributed by atoms with Crippen molar-refractivity contribution in [3.63, 3.8) is 0 Å². The topological polar surface area (TPSA) is 89.0 Å². The van der Waals surface area contributed by atoms with Crippen molar-refractivity contribution in [2.45, 2.75) is 31.7 Å². The van der Waals surface area contributed by atoms with E-state index in [9.17, 15) is 27.9 Å². The van der Waals surface area contributed by atoms with E-state index in [0.717, 1.165) is 17.2 Å². The van der Waals surface area contributed by atoms with Crippen LogP contribution in [0.25, 0.3) is 0 Å². The number of aromatic nitrogens is 1. The van der Waals surface area contributed by atoms with E-state index in [4.69, 9.17) is 0 Å². The largest absolute Gasteiger partial charge is 0.417 e. The van der Waals surface area contributed by atoms with E-state index < -0.39 is 29.4 Å². The normalized spacial score (nSPS) is 21.4. The molecule has 2 fully saturated rings. The third-order valence-electron chi connectivity index (χ3n) is 5.08. The van der Waals surface area contributed by atoms with Gasteiger partial charge in [0, 0.05) is 38.9 Å². The van der Waals surface area contributed by atoms with E-state index in [1.165, 1.54) is 6.07 Å². The van der Waals surface area contributed by atoms with Gasteiger partial charge in [0.2, 0.25) is 0 Å². The lowest BCUT2D eigenvalue weighted by Gasteiger charge is -2.36. The van der Waals surface area contributed by atoms with Gasteiger partial charge in [-0.25, -0.2) is 9.78 Å². The van der Waals surface area contributed by atoms with Gasteiger partial charge < -0.3 is 15.3 Å². The zero-order chi connectivity index (χ0) is 21.4. The maximum absolute atomic E-state index is 12.6. The average Bonchev–Trinajstić information content (AvgIpc) is 2.83. The number of aliphatic hydroxyl groups is 1. The maximum atomic E-state index is 12.6. The standard InChI is InChI=1S/C18H24F3N5O3/c1-17(2)15(28)26(16(29)23-17)11-13(27)10-24-5-7-25(8-6-24)14-4-3-12(9-22-14)18(19,20)21/h3-4,9,13,27H,5-8,10-11H2,1-2H3,(H,23,29)/t13-/m0/s1. The Morgan fingerprint density at radius 3 is 2.31 bits per heavy atom. The molecule has 3 heterocycles. The summed E-state index contributed by atoms with van der Waals surface area (Å²) in [7, 11) is 0. The lowest BCUT2D eigenvalue weighted by atomic mass is 10.1. The second-order valence-corrected chi connectivity index (χ2v) is 7.82. The van der Waals surface area contributed by atoms with Gasteiger partial charge in [-0.05, 0) is 26.0 Å². The molecule has 1 aromatic heterocycles. The molecular formula is C18H24F3N5O3. The summed E-state index contributed by atoms with van der Waals surface area (Å²) in [5.74, 6) is 0.0968. The second-order valence-electron chi connectivity index (χ2n) is 7.82. The van der Waals surface area contributed by atoms with Crippen molar-refractivity contribution in [2.75, 3.05) is 44.2 Å². The van der Waals surface area contributed by atoms with Gasteiger partial charge in [0.05, 0.1) is 18.2 Å². The number of aliphatic hydroxyl groups excluding tert-OH is 1. The molecule has 2 N–H and O–H groups in total. The van der Waals surface area contributed by atoms with E-state index in [2.05, 4.69) is 10.3 Å². The molecule has 160 valence electrons. The average molecular weight is 415 g/mol. The minimum Gasteiger partial charge on any atom is -0.390 e. The molecule has 2 saturated heterocycles. The van der Waals surface area contributed by atoms with Gasteiger partial charge in [0.25, 0.3) is 5.91 Å². The molecule has 0 aliphatic carbocycles. The first-order valence-corrected chi connectivity index (χ1v) is 9.30. The third kappa shape index (κ3) is 4.78. The van der Waals surface area contributed by atoms with Crippen molar-refractivity contribution in [1.82, 2.24) is 20.1 Å². The van der Waals surface area contributed by atoms with Gasteiger partial charge in [-0.1, -0.05) is 0 Å². The van der Waals surface area contributed by atoms with Gasteiger partial charge in [0.15, 0.2) is 0 Å². The highest BCUT2D eigenvalue weighted by Crippen LogP contribution is 2.29. The van der Waals surface area contributed by atoms with Crippen molar-refractivity contribution in [3.8, 4) is 0 Å². The molecule has 8 nitrogen and oxygen atoms in total. The van der Waals surface area contributed by atoms with E-state index in [1.54, 1.807) is 13.8 Å². The quantitative estimate of drug-likeness (QED) is 0.696. The number of rotatable bonds is 5. The number of halogens is 3. The summed E-state index contributed by atoms with van der Waals surface area (Å²) < 4.78 is 37.9. The van der Waals surface area contributed by atoms with Crippen LogP contribution < -0.4 is 10.2 Å². The highest BCUT2D eigenvalue weighted by Gasteiger charge is 2.44. The SMILES string of the molecule is CC1(C)NC(=O)N(C[C@@H](O)CN2CCN(c3ccc(C(F)(F)F)cn3)CC2)C1=O. The second kappa shape index (κ2) is 7.79. The van der Waals surface area contributed by atoms with Crippen LogP contribution in [0, 0.1) is 0 Å². The molecule has 0 unspecified atom stereocenters. The highest BCUT2D eigenvalue weighted by atomic mass is 19.4. The minimum atomic E-state index is -4.41. The van der Waals surface area contributed by atoms with Crippen LogP contribution >= 0.6 is 0 Å². The first kappa shape index (κ1) is 21.3. The molecule has 1 atom stereocenters. The number of hydrogen-bond acceptors (Lipinski definition) is 6. The van der Waals surface area contributed by atoms with Gasteiger partial charge >= 0.3 is 12.2 Å². The van der Waals surface area contributed by atoms with Crippen molar-refractivity contribution in [3.05, 3.63) is 23.9 Å². The number of amides is 3. The smallest absolute Gasteiger partial charge is 0.390 e. The number of pyridine rings is 1. The Kier molecular flexibility index (Phi) is 5.72. The molecule has 0 aromatic carbocycles. The first-order chi connectivity index (χ1) is 13.5. The van der Waals surface area contributed by atoms with Crippen molar-refractivity contribution >= 4 is 17.8 Å². The number of anilines is 1. The number of carbonyl (C=O) groups is 2. The summed E-state index contributed by atoms with van der Waals surface area (Å²) in [4.78, 5) is 32.9. The Hall–Kier alpha value is -2.40.